The molecule has 0 saturated carbocycles. The fourth-order valence-corrected chi connectivity index (χ4v) is 2.09. The lowest BCUT2D eigenvalue weighted by molar-refractivity contribution is -0.124. The molecular weight excluding hydrogens is 202 g/mol. The van der Waals surface area contributed by atoms with Gasteiger partial charge in [-0.25, -0.2) is 5.43 Å². The number of fused-ring (bicyclic) bond motifs is 1. The topological polar surface area (TPSA) is 56.9 Å². The first-order chi connectivity index (χ1) is 7.83. The van der Waals surface area contributed by atoms with E-state index in [2.05, 4.69) is 34.0 Å². The third kappa shape index (κ3) is 1.57. The van der Waals surface area contributed by atoms with Crippen molar-refractivity contribution < 1.29 is 4.79 Å². The molecule has 0 aliphatic carbocycles. The lowest BCUT2D eigenvalue weighted by Crippen LogP contribution is -2.44. The Hall–Kier alpha value is -1.81. The third-order valence-electron chi connectivity index (χ3n) is 2.97. The predicted molar refractivity (Wildman–Crippen MR) is 61.6 cm³/mol. The Morgan fingerprint density at radius 2 is 2.12 bits per heavy atom. The van der Waals surface area contributed by atoms with Crippen LogP contribution in [0.25, 0.3) is 10.9 Å². The number of para-hydroxylation sites is 1. The molecule has 2 heterocycles. The number of hydrazine groups is 1. The number of aromatic nitrogens is 1. The summed E-state index contributed by atoms with van der Waals surface area (Å²) in [5, 5.41) is 1.20. The molecule has 1 atom stereocenters. The minimum Gasteiger partial charge on any atom is -0.357 e. The van der Waals surface area contributed by atoms with Crippen LogP contribution in [-0.2, 0) is 4.79 Å². The molecule has 0 bridgehead atoms. The molecule has 1 aliphatic rings. The molecule has 1 amide bonds. The molecule has 1 aliphatic heterocycles. The molecule has 1 aromatic carbocycles. The van der Waals surface area contributed by atoms with E-state index >= 15 is 0 Å². The fourth-order valence-electron chi connectivity index (χ4n) is 2.09. The monoisotopic (exact) mass is 215 g/mol. The number of nitrogens with one attached hydrogen (secondary N) is 3. The molecule has 1 unspecified atom stereocenters. The van der Waals surface area contributed by atoms with Crippen LogP contribution in [0.2, 0.25) is 0 Å². The molecule has 82 valence electrons. The van der Waals surface area contributed by atoms with Crippen molar-refractivity contribution in [1.29, 1.82) is 0 Å². The van der Waals surface area contributed by atoms with Crippen LogP contribution in [0.3, 0.4) is 0 Å². The molecule has 1 fully saturated rings. The van der Waals surface area contributed by atoms with Gasteiger partial charge in [-0.1, -0.05) is 18.2 Å². The largest absolute Gasteiger partial charge is 0.357 e. The van der Waals surface area contributed by atoms with Gasteiger partial charge in [-0.2, -0.15) is 0 Å². The van der Waals surface area contributed by atoms with Crippen LogP contribution in [-0.4, -0.2) is 10.9 Å². The van der Waals surface area contributed by atoms with Gasteiger partial charge in [0.05, 0.1) is 6.04 Å². The van der Waals surface area contributed by atoms with Crippen LogP contribution >= 0.6 is 0 Å². The van der Waals surface area contributed by atoms with Crippen molar-refractivity contribution in [3.05, 3.63) is 36.0 Å². The van der Waals surface area contributed by atoms with E-state index in [1.807, 2.05) is 12.1 Å². The number of amides is 1. The van der Waals surface area contributed by atoms with E-state index < -0.39 is 0 Å². The average molecular weight is 215 g/mol. The minimum atomic E-state index is 0.0624. The Labute approximate surface area is 93.0 Å². The molecule has 2 aromatic rings. The number of carbonyl (C=O) groups is 1. The van der Waals surface area contributed by atoms with Crippen LogP contribution in [0.15, 0.2) is 30.3 Å². The summed E-state index contributed by atoms with van der Waals surface area (Å²) >= 11 is 0. The quantitative estimate of drug-likeness (QED) is 0.677. The maximum absolute atomic E-state index is 11.0. The third-order valence-corrected chi connectivity index (χ3v) is 2.97. The zero-order valence-electron chi connectivity index (χ0n) is 8.79. The van der Waals surface area contributed by atoms with Crippen molar-refractivity contribution in [2.24, 2.45) is 0 Å². The van der Waals surface area contributed by atoms with E-state index in [9.17, 15) is 4.79 Å². The van der Waals surface area contributed by atoms with Gasteiger partial charge in [0.1, 0.15) is 0 Å². The highest BCUT2D eigenvalue weighted by Crippen LogP contribution is 2.23. The summed E-state index contributed by atoms with van der Waals surface area (Å²) in [6, 6.07) is 10.5. The van der Waals surface area contributed by atoms with Gasteiger partial charge < -0.3 is 4.98 Å². The molecule has 0 spiro atoms. The number of carbonyl (C=O) groups excluding carboxylic acids is 1. The molecule has 4 nitrogen and oxygen atoms in total. The van der Waals surface area contributed by atoms with Gasteiger partial charge >= 0.3 is 0 Å². The second kappa shape index (κ2) is 3.64. The van der Waals surface area contributed by atoms with Crippen molar-refractivity contribution >= 4 is 16.8 Å². The molecule has 0 radical (unpaired) electrons. The van der Waals surface area contributed by atoms with Crippen LogP contribution < -0.4 is 10.9 Å². The maximum Gasteiger partial charge on any atom is 0.234 e. The minimum absolute atomic E-state index is 0.0624. The van der Waals surface area contributed by atoms with Gasteiger partial charge in [0.2, 0.25) is 5.91 Å². The summed E-state index contributed by atoms with van der Waals surface area (Å²) in [7, 11) is 0. The summed E-state index contributed by atoms with van der Waals surface area (Å²) in [5.41, 5.74) is 7.94. The average Bonchev–Trinajstić information content (AvgIpc) is 2.73. The number of benzene rings is 1. The Kier molecular flexibility index (Phi) is 2.15. The normalized spacial score (nSPS) is 21.0. The molecular formula is C12H13N3O. The zero-order chi connectivity index (χ0) is 11.0. The Morgan fingerprint density at radius 1 is 1.25 bits per heavy atom. The van der Waals surface area contributed by atoms with E-state index in [1.54, 1.807) is 0 Å². The standard InChI is InChI=1S/C12H13N3O/c16-12-6-5-10(14-15-12)11-7-8-3-1-2-4-9(8)13-11/h1-4,7,10,13-14H,5-6H2,(H,15,16). The molecule has 1 aromatic heterocycles. The predicted octanol–water partition coefficient (Wildman–Crippen LogP) is 1.62. The molecule has 1 saturated heterocycles. The van der Waals surface area contributed by atoms with Gasteiger partial charge in [0, 0.05) is 17.6 Å². The van der Waals surface area contributed by atoms with E-state index in [0.29, 0.717) is 6.42 Å². The van der Waals surface area contributed by atoms with Crippen LogP contribution in [0, 0.1) is 0 Å². The number of hydrogen-bond acceptors (Lipinski definition) is 2. The lowest BCUT2D eigenvalue weighted by Gasteiger charge is -2.22. The number of hydrogen-bond donors (Lipinski definition) is 3. The summed E-state index contributed by atoms with van der Waals surface area (Å²) in [4.78, 5) is 14.4. The fraction of sp³-hybridized carbons (Fsp3) is 0.250. The molecule has 3 N–H and O–H groups in total. The van der Waals surface area contributed by atoms with Crippen molar-refractivity contribution in [3.8, 4) is 0 Å². The zero-order valence-corrected chi connectivity index (χ0v) is 8.79. The summed E-state index contributed by atoms with van der Waals surface area (Å²) < 4.78 is 0. The van der Waals surface area contributed by atoms with E-state index in [0.717, 1.165) is 17.6 Å². The van der Waals surface area contributed by atoms with Crippen LogP contribution in [0.5, 0.6) is 0 Å². The van der Waals surface area contributed by atoms with Gasteiger partial charge in [0.25, 0.3) is 0 Å². The van der Waals surface area contributed by atoms with Crippen molar-refractivity contribution in [2.45, 2.75) is 18.9 Å². The van der Waals surface area contributed by atoms with E-state index in [4.69, 9.17) is 0 Å². The highest BCUT2D eigenvalue weighted by molar-refractivity contribution is 5.80. The lowest BCUT2D eigenvalue weighted by atomic mass is 10.1. The molecule has 4 heteroatoms. The summed E-state index contributed by atoms with van der Waals surface area (Å²) in [6.07, 6.45) is 1.41. The second-order valence-electron chi connectivity index (χ2n) is 4.10. The van der Waals surface area contributed by atoms with Gasteiger partial charge in [-0.05, 0) is 23.9 Å². The first-order valence-electron chi connectivity index (χ1n) is 5.45. The van der Waals surface area contributed by atoms with Gasteiger partial charge in [-0.15, -0.1) is 0 Å². The number of aromatic amines is 1. The Morgan fingerprint density at radius 3 is 2.88 bits per heavy atom. The second-order valence-corrected chi connectivity index (χ2v) is 4.10. The van der Waals surface area contributed by atoms with Crippen molar-refractivity contribution in [1.82, 2.24) is 15.8 Å². The summed E-state index contributed by atoms with van der Waals surface area (Å²) in [6.45, 7) is 0. The highest BCUT2D eigenvalue weighted by Gasteiger charge is 2.20. The van der Waals surface area contributed by atoms with E-state index in [-0.39, 0.29) is 11.9 Å². The van der Waals surface area contributed by atoms with Gasteiger partial charge in [-0.3, -0.25) is 10.2 Å². The Balaban J connectivity index is 1.91. The first-order valence-corrected chi connectivity index (χ1v) is 5.45. The molecule has 16 heavy (non-hydrogen) atoms. The maximum atomic E-state index is 11.0. The van der Waals surface area contributed by atoms with Gasteiger partial charge in [0.15, 0.2) is 0 Å². The molecule has 3 rings (SSSR count). The van der Waals surface area contributed by atoms with Crippen LogP contribution in [0.1, 0.15) is 24.6 Å². The smallest absolute Gasteiger partial charge is 0.234 e. The first kappa shape index (κ1) is 9.42. The van der Waals surface area contributed by atoms with Crippen molar-refractivity contribution in [2.75, 3.05) is 0 Å². The van der Waals surface area contributed by atoms with Crippen molar-refractivity contribution in [3.63, 3.8) is 0 Å². The number of H-pyrrole nitrogens is 1. The van der Waals surface area contributed by atoms with E-state index in [1.165, 1.54) is 5.39 Å². The Bertz CT molecular complexity index is 489. The SMILES string of the molecule is O=C1CCC(c2cc3ccccc3[nH]2)NN1. The summed E-state index contributed by atoms with van der Waals surface area (Å²) in [5.74, 6) is 0.0624. The highest BCUT2D eigenvalue weighted by atomic mass is 16.2. The van der Waals surface area contributed by atoms with Crippen LogP contribution in [0.4, 0.5) is 0 Å². The number of rotatable bonds is 1.